The van der Waals surface area contributed by atoms with E-state index in [9.17, 15) is 69.6 Å². The van der Waals surface area contributed by atoms with E-state index in [2.05, 4.69) is 0 Å². The van der Waals surface area contributed by atoms with Crippen LogP contribution in [0.5, 0.6) is 34.5 Å². The minimum Gasteiger partial charge on any atom is -0.507 e. The SMILES string of the molecule is COc1c(O)c2c(=O)cc(CO)c3c4c(CO)cc(=O)c5c(O)c(CCC(=O)OCCOCCOCCO)c6c(c(c1C=C(C)C6)c23)c54.COc1c(O)c2c(=O)cc(CO)c3c4c(CO)cc(=O)c5c(O)c(CCC(=O)OCCOCCOCCO)c6c(c(c1CC(C)=C6)c23)c54. The van der Waals surface area contributed by atoms with Gasteiger partial charge in [-0.15, -0.1) is 0 Å². The fraction of sp³-hybridized carbons (Fsp3) is 0.361. The second kappa shape index (κ2) is 28.6. The number of ether oxygens (including phenoxy) is 8. The van der Waals surface area contributed by atoms with Crippen molar-refractivity contribution in [2.24, 2.45) is 0 Å². The van der Waals surface area contributed by atoms with E-state index in [1.807, 2.05) is 26.0 Å². The third kappa shape index (κ3) is 11.8. The zero-order valence-electron chi connectivity index (χ0n) is 53.2. The first-order valence-corrected chi connectivity index (χ1v) is 31.2. The van der Waals surface area contributed by atoms with Crippen molar-refractivity contribution in [1.29, 1.82) is 0 Å². The number of phenols is 4. The number of aliphatic hydroxyl groups excluding tert-OH is 6. The summed E-state index contributed by atoms with van der Waals surface area (Å²) in [6.07, 6.45) is 4.00. The Hall–Kier alpha value is -9.18. The van der Waals surface area contributed by atoms with Gasteiger partial charge in [0.25, 0.3) is 0 Å². The van der Waals surface area contributed by atoms with Crippen LogP contribution in [0.4, 0.5) is 0 Å². The van der Waals surface area contributed by atoms with Crippen LogP contribution in [0.25, 0.3) is 98.3 Å². The number of carbonyl (C=O) groups excluding carboxylic acids is 2. The second-order valence-electron chi connectivity index (χ2n) is 23.6. The predicted molar refractivity (Wildman–Crippen MR) is 357 cm³/mol. The molecule has 0 atom stereocenters. The fourth-order valence-electron chi connectivity index (χ4n) is 14.2. The molecule has 0 heterocycles. The topological polar surface area (TPSA) is 379 Å². The molecule has 10 N–H and O–H groups in total. The Morgan fingerprint density at radius 2 is 0.708 bits per heavy atom. The van der Waals surface area contributed by atoms with Crippen LogP contribution in [0.15, 0.2) is 54.6 Å². The van der Waals surface area contributed by atoms with Crippen molar-refractivity contribution in [3.05, 3.63) is 132 Å². The van der Waals surface area contributed by atoms with Crippen molar-refractivity contribution in [2.75, 3.05) is 93.5 Å². The minimum absolute atomic E-state index is 0.00311. The smallest absolute Gasteiger partial charge is 0.306 e. The molecule has 0 spiro atoms. The van der Waals surface area contributed by atoms with Crippen LogP contribution in [-0.2, 0) is 90.1 Å². The molecule has 0 unspecified atom stereocenters. The number of hydrogen-bond acceptors (Lipinski definition) is 24. The Morgan fingerprint density at radius 3 is 1.12 bits per heavy atom. The summed E-state index contributed by atoms with van der Waals surface area (Å²) in [7, 11) is 2.76. The van der Waals surface area contributed by atoms with Crippen molar-refractivity contribution < 1.29 is 98.5 Å². The van der Waals surface area contributed by atoms with Crippen LogP contribution in [0.3, 0.4) is 0 Å². The lowest BCUT2D eigenvalue weighted by atomic mass is 9.80. The molecule has 0 saturated carbocycles. The molecule has 0 radical (unpaired) electrons. The van der Waals surface area contributed by atoms with Gasteiger partial charge in [0.05, 0.1) is 128 Å². The standard InChI is InChI=1S/2C36H36O12/c2*1-17-11-21-20(3-4-25(42)48-10-9-47-8-7-46-6-5-37)34(43)30-23(40)13-18(15-38)26-27-19(16-39)14-24(41)31-33(27)29(28(21)32(26)30)22(12-17)36(45-2)35(31)44/h12-14,37-39,43-44H,3-11,15-16H2,1-2H3;11,13-14,37-39,43-44H,3-10,12,15-16H2,1-2H3. The van der Waals surface area contributed by atoms with Gasteiger partial charge >= 0.3 is 11.9 Å². The van der Waals surface area contributed by atoms with Crippen molar-refractivity contribution in [1.82, 2.24) is 0 Å². The molecular formula is C72H72O24. The molecule has 2 aliphatic carbocycles. The van der Waals surface area contributed by atoms with Gasteiger partial charge in [-0.05, 0) is 140 Å². The molecule has 12 rings (SSSR count). The summed E-state index contributed by atoms with van der Waals surface area (Å²) < 4.78 is 43.0. The molecule has 0 saturated heterocycles. The Labute approximate surface area is 545 Å². The minimum atomic E-state index is -0.551. The maximum atomic E-state index is 13.7. The highest BCUT2D eigenvalue weighted by Gasteiger charge is 2.35. The van der Waals surface area contributed by atoms with Crippen LogP contribution < -0.4 is 31.2 Å². The first kappa shape index (κ1) is 68.2. The Balaban J connectivity index is 0.000000195. The summed E-state index contributed by atoms with van der Waals surface area (Å²) in [5.41, 5.74) is 3.20. The van der Waals surface area contributed by atoms with Crippen molar-refractivity contribution in [3.63, 3.8) is 0 Å². The zero-order valence-corrected chi connectivity index (χ0v) is 53.2. The Morgan fingerprint density at radius 1 is 0.375 bits per heavy atom. The highest BCUT2D eigenvalue weighted by atomic mass is 16.6. The van der Waals surface area contributed by atoms with E-state index < -0.39 is 60.1 Å². The van der Waals surface area contributed by atoms with Gasteiger partial charge in [-0.2, -0.15) is 0 Å². The molecule has 2 aliphatic rings. The number of rotatable bonds is 28. The van der Waals surface area contributed by atoms with E-state index in [1.54, 1.807) is 0 Å². The van der Waals surface area contributed by atoms with Crippen LogP contribution in [0, 0.1) is 0 Å². The molecule has 24 heteroatoms. The summed E-state index contributed by atoms with van der Waals surface area (Å²) in [4.78, 5) is 80.2. The molecule has 96 heavy (non-hydrogen) atoms. The van der Waals surface area contributed by atoms with Gasteiger partial charge in [0, 0.05) is 56.5 Å². The molecule has 0 aliphatic heterocycles. The fourth-order valence-corrected chi connectivity index (χ4v) is 14.2. The molecule has 0 aromatic heterocycles. The maximum absolute atomic E-state index is 13.7. The molecule has 0 bridgehead atoms. The monoisotopic (exact) mass is 1320 g/mol. The van der Waals surface area contributed by atoms with Gasteiger partial charge < -0.3 is 89.0 Å². The highest BCUT2D eigenvalue weighted by Crippen LogP contribution is 2.56. The van der Waals surface area contributed by atoms with E-state index in [4.69, 9.17) is 48.1 Å². The third-order valence-electron chi connectivity index (χ3n) is 17.9. The average Bonchev–Trinajstić information content (AvgIpc) is 1.05. The van der Waals surface area contributed by atoms with Crippen molar-refractivity contribution >= 4 is 110 Å². The van der Waals surface area contributed by atoms with Gasteiger partial charge in [0.15, 0.2) is 44.7 Å². The van der Waals surface area contributed by atoms with Gasteiger partial charge in [-0.3, -0.25) is 28.8 Å². The maximum Gasteiger partial charge on any atom is 0.306 e. The van der Waals surface area contributed by atoms with E-state index in [0.717, 1.165) is 11.1 Å². The number of fused-ring (bicyclic) bond motifs is 2. The number of hydrogen-bond donors (Lipinski definition) is 10. The van der Waals surface area contributed by atoms with E-state index in [-0.39, 0.29) is 183 Å². The van der Waals surface area contributed by atoms with Crippen molar-refractivity contribution in [2.45, 2.75) is 78.8 Å². The number of carbonyl (C=O) groups is 2. The number of aliphatic hydroxyl groups is 6. The van der Waals surface area contributed by atoms with Crippen LogP contribution in [0.2, 0.25) is 0 Å². The third-order valence-corrected chi connectivity index (χ3v) is 17.9. The molecule has 10 aromatic rings. The van der Waals surface area contributed by atoms with E-state index in [0.29, 0.717) is 111 Å². The average molecular weight is 1320 g/mol. The molecule has 504 valence electrons. The summed E-state index contributed by atoms with van der Waals surface area (Å²) in [5.74, 6) is -2.28. The van der Waals surface area contributed by atoms with Crippen molar-refractivity contribution in [3.8, 4) is 34.5 Å². The molecule has 0 fully saturated rings. The predicted octanol–water partition coefficient (Wildman–Crippen LogP) is 5.52. The number of methoxy groups -OCH3 is 2. The molecular weight excluding hydrogens is 1250 g/mol. The number of aromatic hydroxyl groups is 4. The summed E-state index contributed by atoms with van der Waals surface area (Å²) in [6.45, 7) is 3.19. The summed E-state index contributed by atoms with van der Waals surface area (Å²) in [5, 5.41) is 111. The zero-order chi connectivity index (χ0) is 68.5. The second-order valence-corrected chi connectivity index (χ2v) is 23.6. The lowest BCUT2D eigenvalue weighted by Gasteiger charge is -2.24. The van der Waals surface area contributed by atoms with Gasteiger partial charge in [0.2, 0.25) is 0 Å². The van der Waals surface area contributed by atoms with Gasteiger partial charge in [-0.25, -0.2) is 0 Å². The normalized spacial score (nSPS) is 12.9. The van der Waals surface area contributed by atoms with Crippen LogP contribution >= 0.6 is 0 Å². The number of esters is 2. The van der Waals surface area contributed by atoms with E-state index >= 15 is 0 Å². The highest BCUT2D eigenvalue weighted by molar-refractivity contribution is 6.40. The molecule has 0 amide bonds. The number of phenolic OH excluding ortho intramolecular Hbond substituents is 4. The Bertz CT molecular complexity index is 5040. The van der Waals surface area contributed by atoms with E-state index in [1.165, 1.54) is 38.5 Å². The summed E-state index contributed by atoms with van der Waals surface area (Å²) >= 11 is 0. The number of allylic oxidation sites excluding steroid dienone is 2. The summed E-state index contributed by atoms with van der Waals surface area (Å²) in [6, 6.07) is 4.90. The Kier molecular flexibility index (Phi) is 20.4. The first-order chi connectivity index (χ1) is 46.3. The number of benzene rings is 10. The lowest BCUT2D eigenvalue weighted by Crippen LogP contribution is -2.14. The largest absolute Gasteiger partial charge is 0.507 e. The quantitative estimate of drug-likeness (QED) is 0.0125. The molecule has 24 nitrogen and oxygen atoms in total. The van der Waals surface area contributed by atoms with Gasteiger partial charge in [0.1, 0.15) is 24.7 Å². The lowest BCUT2D eigenvalue weighted by molar-refractivity contribution is -0.146. The molecule has 10 aromatic carbocycles. The van der Waals surface area contributed by atoms with Crippen LogP contribution in [0.1, 0.15) is 82.3 Å². The van der Waals surface area contributed by atoms with Crippen LogP contribution in [-0.4, -0.2) is 157 Å². The van der Waals surface area contributed by atoms with Gasteiger partial charge in [-0.1, -0.05) is 23.3 Å². The first-order valence-electron chi connectivity index (χ1n) is 31.2.